The molecule has 2 heterocycles. The summed E-state index contributed by atoms with van der Waals surface area (Å²) in [7, 11) is -5.87. The van der Waals surface area contributed by atoms with Gasteiger partial charge < -0.3 is 4.18 Å². The molecule has 35 heavy (non-hydrogen) atoms. The van der Waals surface area contributed by atoms with Crippen molar-refractivity contribution in [3.8, 4) is 17.0 Å². The Bertz CT molecular complexity index is 1440. The third-order valence-electron chi connectivity index (χ3n) is 7.26. The Hall–Kier alpha value is -3.15. The third kappa shape index (κ3) is 3.25. The number of hydrogen-bond donors (Lipinski definition) is 0. The molecule has 12 heteroatoms. The fourth-order valence-electron chi connectivity index (χ4n) is 5.63. The van der Waals surface area contributed by atoms with Crippen molar-refractivity contribution in [1.29, 1.82) is 0 Å². The molecule has 2 aliphatic carbocycles. The lowest BCUT2D eigenvalue weighted by atomic mass is 9.66. The van der Waals surface area contributed by atoms with Gasteiger partial charge in [0.05, 0.1) is 28.1 Å². The predicted octanol–water partition coefficient (Wildman–Crippen LogP) is 5.25. The van der Waals surface area contributed by atoms with Crippen molar-refractivity contribution in [2.24, 2.45) is 5.41 Å². The second-order valence-electron chi connectivity index (χ2n) is 9.21. The minimum Gasteiger partial charge on any atom is -0.376 e. The first-order valence-corrected chi connectivity index (χ1v) is 12.0. The first kappa shape index (κ1) is 23.6. The summed E-state index contributed by atoms with van der Waals surface area (Å²) in [4.78, 5) is 4.34. The molecular weight excluding hydrogens is 493 g/mol. The first-order chi connectivity index (χ1) is 16.3. The Morgan fingerprint density at radius 3 is 2.40 bits per heavy atom. The number of hydrogen-bond acceptors (Lipinski definition) is 6. The number of alkyl halides is 3. The van der Waals surface area contributed by atoms with Gasteiger partial charge in [-0.25, -0.2) is 8.78 Å². The van der Waals surface area contributed by atoms with E-state index in [1.807, 2.05) is 13.8 Å². The molecule has 2 bridgehead atoms. The number of nitrogens with zero attached hydrogens (tertiary/aromatic N) is 3. The topological polar surface area (TPSA) is 82.0 Å². The summed E-state index contributed by atoms with van der Waals surface area (Å²) < 4.78 is 94.6. The highest BCUT2D eigenvalue weighted by Gasteiger charge is 2.65. The van der Waals surface area contributed by atoms with Crippen molar-refractivity contribution >= 4 is 10.1 Å². The zero-order valence-corrected chi connectivity index (χ0v) is 19.2. The molecule has 0 spiro atoms. The molecule has 2 aliphatic rings. The molecule has 2 aromatic heterocycles. The van der Waals surface area contributed by atoms with E-state index in [0.717, 1.165) is 24.3 Å². The Morgan fingerprint density at radius 1 is 1.06 bits per heavy atom. The maximum atomic E-state index is 14.4. The third-order valence-corrected chi connectivity index (χ3v) is 8.24. The van der Waals surface area contributed by atoms with E-state index in [1.54, 1.807) is 6.07 Å². The summed E-state index contributed by atoms with van der Waals surface area (Å²) in [6.45, 7) is 3.88. The Kier molecular flexibility index (Phi) is 5.00. The largest absolute Gasteiger partial charge is 0.534 e. The molecule has 1 fully saturated rings. The van der Waals surface area contributed by atoms with E-state index >= 15 is 0 Å². The van der Waals surface area contributed by atoms with Crippen LogP contribution in [0.1, 0.15) is 49.6 Å². The van der Waals surface area contributed by atoms with Crippen LogP contribution in [0.3, 0.4) is 0 Å². The number of rotatable bonds is 4. The van der Waals surface area contributed by atoms with Crippen molar-refractivity contribution in [3.05, 3.63) is 71.2 Å². The van der Waals surface area contributed by atoms with Crippen LogP contribution in [0.15, 0.2) is 42.6 Å². The zero-order chi connectivity index (χ0) is 25.4. The second-order valence-corrected chi connectivity index (χ2v) is 10.7. The SMILES string of the molecule is CC1(C)[C@H]2CC[C@@]1(c1cc(OS(=O)(=O)C(F)(F)F)ccn1)c1nnc(-c3c(F)cccc3F)cc12. The van der Waals surface area contributed by atoms with Crippen LogP contribution in [0.2, 0.25) is 0 Å². The van der Waals surface area contributed by atoms with Gasteiger partial charge in [-0.05, 0) is 47.9 Å². The molecule has 0 N–H and O–H groups in total. The summed E-state index contributed by atoms with van der Waals surface area (Å²) in [5.74, 6) is -2.21. The van der Waals surface area contributed by atoms with Crippen LogP contribution in [0.25, 0.3) is 11.3 Å². The predicted molar refractivity (Wildman–Crippen MR) is 114 cm³/mol. The molecule has 184 valence electrons. The van der Waals surface area contributed by atoms with E-state index < -0.39 is 43.8 Å². The minimum atomic E-state index is -5.87. The van der Waals surface area contributed by atoms with E-state index in [9.17, 15) is 30.4 Å². The number of aromatic nitrogens is 3. The molecule has 0 saturated heterocycles. The van der Waals surface area contributed by atoms with E-state index in [1.165, 1.54) is 12.3 Å². The molecule has 0 amide bonds. The van der Waals surface area contributed by atoms with Crippen molar-refractivity contribution in [2.75, 3.05) is 0 Å². The number of halogens is 5. The molecule has 5 rings (SSSR count). The number of pyridine rings is 1. The van der Waals surface area contributed by atoms with Crippen LogP contribution in [0.4, 0.5) is 22.0 Å². The second kappa shape index (κ2) is 7.42. The monoisotopic (exact) mass is 511 g/mol. The van der Waals surface area contributed by atoms with Gasteiger partial charge in [0.1, 0.15) is 17.4 Å². The lowest BCUT2D eigenvalue weighted by Gasteiger charge is -2.37. The highest BCUT2D eigenvalue weighted by atomic mass is 32.2. The maximum Gasteiger partial charge on any atom is 0.534 e. The first-order valence-electron chi connectivity index (χ1n) is 10.6. The van der Waals surface area contributed by atoms with Gasteiger partial charge in [-0.2, -0.15) is 26.7 Å². The Balaban J connectivity index is 1.63. The van der Waals surface area contributed by atoms with Gasteiger partial charge in [0.25, 0.3) is 0 Å². The fourth-order valence-corrected chi connectivity index (χ4v) is 6.08. The van der Waals surface area contributed by atoms with Crippen molar-refractivity contribution in [2.45, 2.75) is 43.5 Å². The van der Waals surface area contributed by atoms with Gasteiger partial charge in [-0.1, -0.05) is 19.9 Å². The lowest BCUT2D eigenvalue weighted by molar-refractivity contribution is -0.0500. The quantitative estimate of drug-likeness (QED) is 0.271. The van der Waals surface area contributed by atoms with E-state index in [0.29, 0.717) is 24.1 Å². The van der Waals surface area contributed by atoms with E-state index in [4.69, 9.17) is 0 Å². The molecule has 0 radical (unpaired) electrons. The summed E-state index contributed by atoms with van der Waals surface area (Å²) in [6.07, 6.45) is 2.34. The fraction of sp³-hybridized carbons (Fsp3) is 0.348. The molecule has 6 nitrogen and oxygen atoms in total. The molecule has 2 atom stereocenters. The highest BCUT2D eigenvalue weighted by Crippen LogP contribution is 2.69. The smallest absolute Gasteiger partial charge is 0.376 e. The van der Waals surface area contributed by atoms with Gasteiger partial charge in [0.2, 0.25) is 0 Å². The molecule has 0 unspecified atom stereocenters. The van der Waals surface area contributed by atoms with Gasteiger partial charge in [0, 0.05) is 18.3 Å². The van der Waals surface area contributed by atoms with Gasteiger partial charge in [-0.15, -0.1) is 5.10 Å². The number of benzene rings is 1. The van der Waals surface area contributed by atoms with Gasteiger partial charge in [0.15, 0.2) is 0 Å². The number of fused-ring (bicyclic) bond motifs is 5. The normalized spacial score (nSPS) is 22.8. The molecule has 0 aliphatic heterocycles. The zero-order valence-electron chi connectivity index (χ0n) is 18.4. The molecule has 3 aromatic rings. The van der Waals surface area contributed by atoms with Crippen molar-refractivity contribution in [1.82, 2.24) is 15.2 Å². The standard InChI is InChI=1S/C23H18F5N3O3S/c1-21(2)14-6-8-22(21,18-10-12(7-9-29-18)34-35(32,33)23(26,27)28)20-13(14)11-17(30-31-20)19-15(24)4-3-5-16(19)25/h3-5,7,9-11,14H,6,8H2,1-2H3/t14-,22+/m0/s1. The molecular formula is C23H18F5N3O3S. The maximum absolute atomic E-state index is 14.4. The summed E-state index contributed by atoms with van der Waals surface area (Å²) in [5.41, 5.74) is -5.87. The van der Waals surface area contributed by atoms with E-state index in [-0.39, 0.29) is 22.9 Å². The summed E-state index contributed by atoms with van der Waals surface area (Å²) >= 11 is 0. The van der Waals surface area contributed by atoms with Crippen LogP contribution in [-0.4, -0.2) is 29.1 Å². The average molecular weight is 511 g/mol. The summed E-state index contributed by atoms with van der Waals surface area (Å²) in [5, 5.41) is 8.40. The van der Waals surface area contributed by atoms with Crippen molar-refractivity contribution in [3.63, 3.8) is 0 Å². The average Bonchev–Trinajstić information content (AvgIpc) is 3.14. The highest BCUT2D eigenvalue weighted by molar-refractivity contribution is 7.88. The van der Waals surface area contributed by atoms with E-state index in [2.05, 4.69) is 19.4 Å². The molecule has 1 saturated carbocycles. The lowest BCUT2D eigenvalue weighted by Crippen LogP contribution is -2.38. The Morgan fingerprint density at radius 2 is 1.74 bits per heavy atom. The van der Waals surface area contributed by atoms with Crippen LogP contribution in [0, 0.1) is 17.0 Å². The minimum absolute atomic E-state index is 0.0270. The van der Waals surface area contributed by atoms with Crippen molar-refractivity contribution < 1.29 is 34.6 Å². The van der Waals surface area contributed by atoms with Crippen LogP contribution in [-0.2, 0) is 15.5 Å². The van der Waals surface area contributed by atoms with Crippen LogP contribution >= 0.6 is 0 Å². The van der Waals surface area contributed by atoms with Gasteiger partial charge >= 0.3 is 15.6 Å². The van der Waals surface area contributed by atoms with Crippen LogP contribution in [0.5, 0.6) is 5.75 Å². The Labute approximate surface area is 197 Å². The van der Waals surface area contributed by atoms with Crippen LogP contribution < -0.4 is 4.18 Å². The van der Waals surface area contributed by atoms with Gasteiger partial charge in [-0.3, -0.25) is 4.98 Å². The summed E-state index contributed by atoms with van der Waals surface area (Å²) in [6, 6.07) is 7.26. The molecule has 1 aromatic carbocycles.